The number of aliphatic hydroxyl groups is 2. The number of H-pyrrole nitrogens is 1. The molecule has 1 aliphatic heterocycles. The summed E-state index contributed by atoms with van der Waals surface area (Å²) in [6.45, 7) is -0.401. The molecule has 1 fully saturated rings. The first kappa shape index (κ1) is 15.1. The summed E-state index contributed by atoms with van der Waals surface area (Å²) in [6, 6.07) is 4.46. The summed E-state index contributed by atoms with van der Waals surface area (Å²) in [5, 5.41) is 22.8. The number of aliphatic hydroxyl groups excluding tert-OH is 2. The first-order valence-electron chi connectivity index (χ1n) is 12.3. The molecule has 1 saturated heterocycles. The minimum absolute atomic E-state index is 0.0158. The third kappa shape index (κ3) is 3.60. The standard InChI is InChI=1S/C22H22N6O4/c23-21-26-19-18(20(31)27-21)25-22(28(19)17-10-15(30)16(11-29)32-17)24-14-8-6-13(7-9-14)12-4-2-1-3-5-12/h1-9,15-17,29-30H,10-11H2,(H,24,25)(H3,23,26,27,31)/t15-,16+,17+/m0/s1/i1D,2D,3D,4D,5D. The number of imidazole rings is 1. The molecule has 0 aliphatic carbocycles. The smallest absolute Gasteiger partial charge is 0.280 e. The van der Waals surface area contributed by atoms with Crippen LogP contribution in [0.1, 0.15) is 19.5 Å². The highest BCUT2D eigenvalue weighted by Crippen LogP contribution is 2.34. The van der Waals surface area contributed by atoms with Crippen molar-refractivity contribution in [1.82, 2.24) is 19.5 Å². The number of benzene rings is 2. The molecule has 0 spiro atoms. The SMILES string of the molecule is [2H]c1c([2H])c([2H])c(-c2ccc(Nc3nc4c(=O)[nH]c(N)nc4n3[C@H]3C[C@H](O)[C@@H](CO)O3)cc2)c([2H])c1[2H]. The number of aromatic amines is 1. The molecule has 2 aromatic carbocycles. The second-order valence-corrected chi connectivity index (χ2v) is 7.25. The lowest BCUT2D eigenvalue weighted by Crippen LogP contribution is -2.24. The summed E-state index contributed by atoms with van der Waals surface area (Å²) in [7, 11) is 0. The average molecular weight is 439 g/mol. The van der Waals surface area contributed by atoms with E-state index in [4.69, 9.17) is 17.3 Å². The van der Waals surface area contributed by atoms with Gasteiger partial charge in [0.2, 0.25) is 11.9 Å². The molecule has 10 nitrogen and oxygen atoms in total. The highest BCUT2D eigenvalue weighted by molar-refractivity contribution is 5.76. The Balaban J connectivity index is 1.55. The van der Waals surface area contributed by atoms with Crippen molar-refractivity contribution in [3.05, 3.63) is 64.8 Å². The topological polar surface area (TPSA) is 151 Å². The monoisotopic (exact) mass is 439 g/mol. The molecule has 1 aliphatic rings. The van der Waals surface area contributed by atoms with Gasteiger partial charge in [-0.25, -0.2) is 4.98 Å². The molecule has 164 valence electrons. The number of fused-ring (bicyclic) bond motifs is 1. The van der Waals surface area contributed by atoms with Gasteiger partial charge < -0.3 is 26.0 Å². The van der Waals surface area contributed by atoms with E-state index in [1.54, 1.807) is 24.3 Å². The van der Waals surface area contributed by atoms with Gasteiger partial charge in [0.05, 0.1) is 19.6 Å². The van der Waals surface area contributed by atoms with Crippen molar-refractivity contribution < 1.29 is 21.8 Å². The van der Waals surface area contributed by atoms with Crippen LogP contribution in [0.15, 0.2) is 59.3 Å². The maximum absolute atomic E-state index is 12.5. The summed E-state index contributed by atoms with van der Waals surface area (Å²) in [6.07, 6.45) is -2.48. The predicted molar refractivity (Wildman–Crippen MR) is 119 cm³/mol. The van der Waals surface area contributed by atoms with E-state index in [1.165, 1.54) is 4.57 Å². The average Bonchev–Trinajstić information content (AvgIpc) is 3.42. The second-order valence-electron chi connectivity index (χ2n) is 7.25. The maximum Gasteiger partial charge on any atom is 0.280 e. The van der Waals surface area contributed by atoms with Crippen LogP contribution >= 0.6 is 0 Å². The van der Waals surface area contributed by atoms with Crippen molar-refractivity contribution in [2.45, 2.75) is 24.9 Å². The molecule has 2 aromatic heterocycles. The lowest BCUT2D eigenvalue weighted by Gasteiger charge is -2.17. The van der Waals surface area contributed by atoms with Gasteiger partial charge in [0, 0.05) is 12.1 Å². The number of nitrogens with one attached hydrogen (secondary N) is 2. The molecular formula is C22H22N6O4. The van der Waals surface area contributed by atoms with E-state index >= 15 is 0 Å². The molecule has 0 radical (unpaired) electrons. The lowest BCUT2D eigenvalue weighted by atomic mass is 10.1. The largest absolute Gasteiger partial charge is 0.394 e. The minimum Gasteiger partial charge on any atom is -0.394 e. The zero-order valence-electron chi connectivity index (χ0n) is 21.6. The van der Waals surface area contributed by atoms with E-state index in [0.717, 1.165) is 0 Å². The Bertz CT molecular complexity index is 1550. The van der Waals surface area contributed by atoms with Gasteiger partial charge in [-0.2, -0.15) is 4.98 Å². The molecular weight excluding hydrogens is 412 g/mol. The summed E-state index contributed by atoms with van der Waals surface area (Å²) in [5.41, 5.74) is 6.24. The number of aromatic nitrogens is 4. The highest BCUT2D eigenvalue weighted by atomic mass is 16.5. The molecule has 0 bridgehead atoms. The Labute approximate surface area is 189 Å². The van der Waals surface area contributed by atoms with E-state index < -0.39 is 48.7 Å². The quantitative estimate of drug-likeness (QED) is 0.315. The predicted octanol–water partition coefficient (Wildman–Crippen LogP) is 1.75. The van der Waals surface area contributed by atoms with Crippen molar-refractivity contribution in [1.29, 1.82) is 0 Å². The summed E-state index contributed by atoms with van der Waals surface area (Å²) in [5.74, 6) is 0.0235. The van der Waals surface area contributed by atoms with Gasteiger partial charge in [-0.05, 0) is 23.3 Å². The zero-order chi connectivity index (χ0) is 26.6. The summed E-state index contributed by atoms with van der Waals surface area (Å²) in [4.78, 5) is 23.4. The van der Waals surface area contributed by atoms with Crippen LogP contribution in [0.2, 0.25) is 0 Å². The molecule has 3 atom stereocenters. The van der Waals surface area contributed by atoms with E-state index in [1.807, 2.05) is 0 Å². The zero-order valence-corrected chi connectivity index (χ0v) is 16.6. The number of rotatable bonds is 5. The third-order valence-electron chi connectivity index (χ3n) is 5.17. The number of anilines is 3. The fourth-order valence-electron chi connectivity index (χ4n) is 3.64. The van der Waals surface area contributed by atoms with Crippen LogP contribution in [0.3, 0.4) is 0 Å². The van der Waals surface area contributed by atoms with Gasteiger partial charge >= 0.3 is 0 Å². The lowest BCUT2D eigenvalue weighted by molar-refractivity contribution is -0.0425. The van der Waals surface area contributed by atoms with Crippen molar-refractivity contribution in [2.75, 3.05) is 17.7 Å². The molecule has 5 rings (SSSR count). The van der Waals surface area contributed by atoms with E-state index in [9.17, 15) is 15.0 Å². The Hall–Kier alpha value is -3.73. The number of ether oxygens (including phenoxy) is 1. The number of hydrogen-bond donors (Lipinski definition) is 5. The van der Waals surface area contributed by atoms with Gasteiger partial charge in [-0.1, -0.05) is 42.3 Å². The third-order valence-corrected chi connectivity index (χ3v) is 5.17. The van der Waals surface area contributed by atoms with Gasteiger partial charge in [-0.3, -0.25) is 14.3 Å². The van der Waals surface area contributed by atoms with E-state index in [0.29, 0.717) is 11.3 Å². The first-order valence-corrected chi connectivity index (χ1v) is 9.77. The van der Waals surface area contributed by atoms with Crippen molar-refractivity contribution in [3.63, 3.8) is 0 Å². The second kappa shape index (κ2) is 8.08. The van der Waals surface area contributed by atoms with Gasteiger partial charge in [0.25, 0.3) is 5.56 Å². The minimum atomic E-state index is -0.948. The van der Waals surface area contributed by atoms with Crippen LogP contribution in [0, 0.1) is 0 Å². The molecule has 32 heavy (non-hydrogen) atoms. The Morgan fingerprint density at radius 1 is 1.22 bits per heavy atom. The normalized spacial score (nSPS) is 22.8. The molecule has 10 heteroatoms. The number of hydrogen-bond acceptors (Lipinski definition) is 8. The van der Waals surface area contributed by atoms with Crippen LogP contribution in [0.5, 0.6) is 0 Å². The Morgan fingerprint density at radius 2 is 1.97 bits per heavy atom. The molecule has 0 unspecified atom stereocenters. The number of nitrogen functional groups attached to an aromatic ring is 1. The van der Waals surface area contributed by atoms with Crippen molar-refractivity contribution >= 4 is 28.7 Å². The fourth-order valence-corrected chi connectivity index (χ4v) is 3.64. The van der Waals surface area contributed by atoms with Crippen LogP contribution in [0.25, 0.3) is 22.3 Å². The first-order chi connectivity index (χ1) is 17.6. The molecule has 4 aromatic rings. The van der Waals surface area contributed by atoms with Gasteiger partial charge in [0.15, 0.2) is 11.2 Å². The van der Waals surface area contributed by atoms with Crippen LogP contribution < -0.4 is 16.6 Å². The number of nitrogens with zero attached hydrogens (tertiary/aromatic N) is 3. The molecule has 0 amide bonds. The van der Waals surface area contributed by atoms with Crippen LogP contribution in [0.4, 0.5) is 17.6 Å². The van der Waals surface area contributed by atoms with Crippen LogP contribution in [-0.4, -0.2) is 48.5 Å². The van der Waals surface area contributed by atoms with E-state index in [2.05, 4.69) is 20.3 Å². The van der Waals surface area contributed by atoms with Crippen LogP contribution in [-0.2, 0) is 4.74 Å². The Kier molecular flexibility index (Phi) is 3.82. The maximum atomic E-state index is 12.5. The Morgan fingerprint density at radius 3 is 2.66 bits per heavy atom. The number of nitrogens with two attached hydrogens (primary N) is 1. The molecule has 0 saturated carbocycles. The summed E-state index contributed by atoms with van der Waals surface area (Å²) < 4.78 is 47.1. The van der Waals surface area contributed by atoms with Gasteiger partial charge in [-0.15, -0.1) is 0 Å². The van der Waals surface area contributed by atoms with Crippen molar-refractivity contribution in [3.8, 4) is 11.1 Å². The van der Waals surface area contributed by atoms with E-state index in [-0.39, 0.29) is 47.1 Å². The van der Waals surface area contributed by atoms with Crippen molar-refractivity contribution in [2.24, 2.45) is 0 Å². The molecule has 6 N–H and O–H groups in total. The fraction of sp³-hybridized carbons (Fsp3) is 0.227. The summed E-state index contributed by atoms with van der Waals surface area (Å²) >= 11 is 0. The highest BCUT2D eigenvalue weighted by Gasteiger charge is 2.37. The van der Waals surface area contributed by atoms with Gasteiger partial charge in [0.1, 0.15) is 12.3 Å². The molecule has 3 heterocycles.